The highest BCUT2D eigenvalue weighted by Gasteiger charge is 2.11. The number of nitrogens with zero attached hydrogens (tertiary/aromatic N) is 3. The van der Waals surface area contributed by atoms with Crippen molar-refractivity contribution in [3.05, 3.63) is 71.1 Å². The lowest BCUT2D eigenvalue weighted by atomic mass is 10.2. The molecular formula is C17H12ClFN4S. The molecule has 0 atom stereocenters. The zero-order valence-electron chi connectivity index (χ0n) is 12.4. The molecule has 24 heavy (non-hydrogen) atoms. The van der Waals surface area contributed by atoms with Gasteiger partial charge in [0.2, 0.25) is 10.1 Å². The molecule has 0 saturated carbocycles. The van der Waals surface area contributed by atoms with E-state index in [4.69, 9.17) is 11.6 Å². The van der Waals surface area contributed by atoms with Gasteiger partial charge in [-0.1, -0.05) is 53.3 Å². The number of nitrogens with one attached hydrogen (secondary N) is 1. The molecule has 0 amide bonds. The van der Waals surface area contributed by atoms with Crippen molar-refractivity contribution < 1.29 is 4.39 Å². The second kappa shape index (κ2) is 6.22. The number of benzene rings is 2. The van der Waals surface area contributed by atoms with E-state index in [9.17, 15) is 4.39 Å². The summed E-state index contributed by atoms with van der Waals surface area (Å²) in [5.41, 5.74) is 2.66. The normalized spacial score (nSPS) is 11.1. The van der Waals surface area contributed by atoms with Crippen LogP contribution in [0.25, 0.3) is 16.2 Å². The average molecular weight is 359 g/mol. The Morgan fingerprint density at radius 2 is 2.00 bits per heavy atom. The Bertz CT molecular complexity index is 965. The molecule has 0 fully saturated rings. The van der Waals surface area contributed by atoms with Gasteiger partial charge in [0.1, 0.15) is 5.82 Å². The Labute approximate surface area is 146 Å². The van der Waals surface area contributed by atoms with E-state index in [1.807, 2.05) is 24.4 Å². The van der Waals surface area contributed by atoms with Crippen LogP contribution in [0, 0.1) is 5.82 Å². The van der Waals surface area contributed by atoms with Gasteiger partial charge in [-0.3, -0.25) is 0 Å². The Kier molecular flexibility index (Phi) is 3.92. The maximum Gasteiger partial charge on any atom is 0.214 e. The lowest BCUT2D eigenvalue weighted by Crippen LogP contribution is -1.99. The van der Waals surface area contributed by atoms with E-state index in [0.29, 0.717) is 12.2 Å². The Hall–Kier alpha value is -2.44. The predicted octanol–water partition coefficient (Wildman–Crippen LogP) is 4.86. The van der Waals surface area contributed by atoms with Crippen LogP contribution < -0.4 is 5.32 Å². The third-order valence-corrected chi connectivity index (χ3v) is 4.72. The first kappa shape index (κ1) is 15.1. The van der Waals surface area contributed by atoms with Crippen molar-refractivity contribution in [2.75, 3.05) is 5.32 Å². The molecule has 4 nitrogen and oxygen atoms in total. The van der Waals surface area contributed by atoms with Gasteiger partial charge >= 0.3 is 0 Å². The van der Waals surface area contributed by atoms with Gasteiger partial charge in [0.25, 0.3) is 0 Å². The number of anilines is 1. The Balaban J connectivity index is 1.55. The molecule has 0 unspecified atom stereocenters. The molecule has 0 spiro atoms. The number of fused-ring (bicyclic) bond motifs is 1. The van der Waals surface area contributed by atoms with E-state index in [1.165, 1.54) is 23.0 Å². The first-order chi connectivity index (χ1) is 11.7. The van der Waals surface area contributed by atoms with Gasteiger partial charge in [-0.2, -0.15) is 0 Å². The van der Waals surface area contributed by atoms with Gasteiger partial charge in [0.15, 0.2) is 0 Å². The molecule has 0 aliphatic rings. The fraction of sp³-hybridized carbons (Fsp3) is 0.0588. The van der Waals surface area contributed by atoms with Crippen molar-refractivity contribution >= 4 is 33.0 Å². The van der Waals surface area contributed by atoms with E-state index in [0.717, 1.165) is 15.7 Å². The smallest absolute Gasteiger partial charge is 0.214 e. The summed E-state index contributed by atoms with van der Waals surface area (Å²) in [6.07, 6.45) is 1.81. The third kappa shape index (κ3) is 2.98. The molecule has 2 aromatic heterocycles. The zero-order valence-corrected chi connectivity index (χ0v) is 14.0. The van der Waals surface area contributed by atoms with Gasteiger partial charge < -0.3 is 5.32 Å². The maximum absolute atomic E-state index is 13.3. The van der Waals surface area contributed by atoms with Crippen LogP contribution in [0.4, 0.5) is 9.52 Å². The highest BCUT2D eigenvalue weighted by atomic mass is 35.5. The standard InChI is InChI=1S/C17H12ClFN4S/c18-13-8-12(6-7-14(13)19)15-10-23-17(21-15)24-16(22-23)20-9-11-4-2-1-3-5-11/h1-8,10H,9H2,(H,20,22). The predicted molar refractivity (Wildman–Crippen MR) is 95.0 cm³/mol. The Morgan fingerprint density at radius 1 is 1.17 bits per heavy atom. The van der Waals surface area contributed by atoms with Crippen LogP contribution in [0.1, 0.15) is 5.56 Å². The number of aromatic nitrogens is 3. The van der Waals surface area contributed by atoms with Crippen LogP contribution in [-0.2, 0) is 6.54 Å². The van der Waals surface area contributed by atoms with Crippen molar-refractivity contribution in [3.63, 3.8) is 0 Å². The molecule has 7 heteroatoms. The van der Waals surface area contributed by atoms with Crippen molar-refractivity contribution in [1.29, 1.82) is 0 Å². The van der Waals surface area contributed by atoms with E-state index >= 15 is 0 Å². The van der Waals surface area contributed by atoms with Crippen molar-refractivity contribution in [3.8, 4) is 11.3 Å². The second-order valence-corrected chi connectivity index (χ2v) is 6.59. The van der Waals surface area contributed by atoms with Gasteiger partial charge in [-0.05, 0) is 23.8 Å². The quantitative estimate of drug-likeness (QED) is 0.566. The molecule has 0 aliphatic carbocycles. The minimum absolute atomic E-state index is 0.0852. The van der Waals surface area contributed by atoms with Crippen molar-refractivity contribution in [2.24, 2.45) is 0 Å². The fourth-order valence-corrected chi connectivity index (χ4v) is 3.30. The van der Waals surface area contributed by atoms with Crippen LogP contribution in [0.2, 0.25) is 5.02 Å². The second-order valence-electron chi connectivity index (χ2n) is 5.23. The molecule has 4 rings (SSSR count). The lowest BCUT2D eigenvalue weighted by Gasteiger charge is -2.01. The molecule has 0 bridgehead atoms. The number of hydrogen-bond donors (Lipinski definition) is 1. The minimum Gasteiger partial charge on any atom is -0.356 e. The summed E-state index contributed by atoms with van der Waals surface area (Å²) in [7, 11) is 0. The molecule has 120 valence electrons. The van der Waals surface area contributed by atoms with E-state index < -0.39 is 5.82 Å². The molecule has 1 N–H and O–H groups in total. The van der Waals surface area contributed by atoms with Gasteiger partial charge in [0, 0.05) is 12.1 Å². The van der Waals surface area contributed by atoms with E-state index in [-0.39, 0.29) is 5.02 Å². The first-order valence-electron chi connectivity index (χ1n) is 7.28. The number of halogens is 2. The van der Waals surface area contributed by atoms with Gasteiger partial charge in [0.05, 0.1) is 16.9 Å². The fourth-order valence-electron chi connectivity index (χ4n) is 2.34. The highest BCUT2D eigenvalue weighted by Crippen LogP contribution is 2.27. The minimum atomic E-state index is -0.438. The monoisotopic (exact) mass is 358 g/mol. The van der Waals surface area contributed by atoms with Crippen molar-refractivity contribution in [2.45, 2.75) is 6.54 Å². The van der Waals surface area contributed by atoms with E-state index in [1.54, 1.807) is 16.6 Å². The summed E-state index contributed by atoms with van der Waals surface area (Å²) < 4.78 is 15.0. The topological polar surface area (TPSA) is 42.2 Å². The number of rotatable bonds is 4. The molecule has 2 aromatic carbocycles. The van der Waals surface area contributed by atoms with Crippen LogP contribution in [0.5, 0.6) is 0 Å². The average Bonchev–Trinajstić information content (AvgIpc) is 3.15. The molecule has 2 heterocycles. The van der Waals surface area contributed by atoms with Crippen molar-refractivity contribution in [1.82, 2.24) is 14.6 Å². The summed E-state index contributed by atoms with van der Waals surface area (Å²) in [4.78, 5) is 5.29. The maximum atomic E-state index is 13.3. The lowest BCUT2D eigenvalue weighted by molar-refractivity contribution is 0.628. The van der Waals surface area contributed by atoms with Gasteiger partial charge in [-0.25, -0.2) is 13.9 Å². The molecule has 0 aliphatic heterocycles. The summed E-state index contributed by atoms with van der Waals surface area (Å²) in [5.74, 6) is -0.438. The number of hydrogen-bond acceptors (Lipinski definition) is 4. The van der Waals surface area contributed by atoms with Gasteiger partial charge in [-0.15, -0.1) is 5.10 Å². The molecule has 0 radical (unpaired) electrons. The summed E-state index contributed by atoms with van der Waals surface area (Å²) in [6, 6.07) is 14.7. The summed E-state index contributed by atoms with van der Waals surface area (Å²) in [6.45, 7) is 0.706. The largest absolute Gasteiger partial charge is 0.356 e. The summed E-state index contributed by atoms with van der Waals surface area (Å²) in [5, 5.41) is 8.64. The Morgan fingerprint density at radius 3 is 2.75 bits per heavy atom. The molecule has 0 saturated heterocycles. The molecule has 4 aromatic rings. The van der Waals surface area contributed by atoms with Crippen LogP contribution >= 0.6 is 22.9 Å². The van der Waals surface area contributed by atoms with Crippen LogP contribution in [0.15, 0.2) is 54.7 Å². The number of imidazole rings is 1. The third-order valence-electron chi connectivity index (χ3n) is 3.55. The summed E-state index contributed by atoms with van der Waals surface area (Å²) >= 11 is 7.29. The highest BCUT2D eigenvalue weighted by molar-refractivity contribution is 7.20. The van der Waals surface area contributed by atoms with Crippen LogP contribution in [-0.4, -0.2) is 14.6 Å². The molecular weight excluding hydrogens is 347 g/mol. The first-order valence-corrected chi connectivity index (χ1v) is 8.48. The SMILES string of the molecule is Fc1ccc(-c2cn3nc(NCc4ccccc4)sc3n2)cc1Cl. The van der Waals surface area contributed by atoms with Crippen LogP contribution in [0.3, 0.4) is 0 Å². The zero-order chi connectivity index (χ0) is 16.5. The van der Waals surface area contributed by atoms with E-state index in [2.05, 4.69) is 27.5 Å².